The Hall–Kier alpha value is -1.56. The van der Waals surface area contributed by atoms with Crippen LogP contribution in [0.1, 0.15) is 37.3 Å². The van der Waals surface area contributed by atoms with Crippen molar-refractivity contribution in [3.8, 4) is 0 Å². The molecular weight excluding hydrogens is 271 g/mol. The Balaban J connectivity index is 3.01. The van der Waals surface area contributed by atoms with E-state index in [4.69, 9.17) is 10.8 Å². The number of nitrogens with two attached hydrogens (primary N) is 1. The fourth-order valence-electron chi connectivity index (χ4n) is 2.03. The molecule has 0 aliphatic rings. The van der Waals surface area contributed by atoms with Gasteiger partial charge in [-0.15, -0.1) is 0 Å². The molecule has 1 rings (SSSR count). The van der Waals surface area contributed by atoms with Crippen molar-refractivity contribution in [3.05, 3.63) is 35.4 Å². The van der Waals surface area contributed by atoms with E-state index in [9.17, 15) is 18.0 Å². The number of carbonyl (C=O) groups excluding carboxylic acids is 1. The third kappa shape index (κ3) is 3.72. The molecule has 0 bridgehead atoms. The third-order valence-electron chi connectivity index (χ3n) is 3.48. The molecule has 0 spiro atoms. The van der Waals surface area contributed by atoms with Crippen LogP contribution in [-0.2, 0) is 16.4 Å². The quantitative estimate of drug-likeness (QED) is 0.791. The summed E-state index contributed by atoms with van der Waals surface area (Å²) in [5.74, 6) is -0.588. The number of carbonyl (C=O) groups is 1. The standard InChI is InChI=1S/C14H18F3NO2/c1-13(12(18)20,8-2-3-9-19)10-4-6-11(7-5-10)14(15,16)17/h4-7,19H,2-3,8-9H2,1H3,(H2,18,20). The molecule has 0 heterocycles. The molecule has 1 aromatic carbocycles. The minimum Gasteiger partial charge on any atom is -0.396 e. The summed E-state index contributed by atoms with van der Waals surface area (Å²) in [7, 11) is 0. The van der Waals surface area contributed by atoms with Crippen molar-refractivity contribution in [1.29, 1.82) is 0 Å². The summed E-state index contributed by atoms with van der Waals surface area (Å²) >= 11 is 0. The molecule has 0 fully saturated rings. The lowest BCUT2D eigenvalue weighted by atomic mass is 9.77. The fraction of sp³-hybridized carbons (Fsp3) is 0.500. The van der Waals surface area contributed by atoms with Crippen LogP contribution in [0.3, 0.4) is 0 Å². The average molecular weight is 289 g/mol. The largest absolute Gasteiger partial charge is 0.416 e. The maximum absolute atomic E-state index is 12.5. The van der Waals surface area contributed by atoms with Crippen LogP contribution in [0.25, 0.3) is 0 Å². The van der Waals surface area contributed by atoms with Gasteiger partial charge in [0.05, 0.1) is 11.0 Å². The van der Waals surface area contributed by atoms with Gasteiger partial charge in [-0.2, -0.15) is 13.2 Å². The molecule has 3 nitrogen and oxygen atoms in total. The molecule has 6 heteroatoms. The molecule has 1 unspecified atom stereocenters. The van der Waals surface area contributed by atoms with Crippen LogP contribution in [0.15, 0.2) is 24.3 Å². The fourth-order valence-corrected chi connectivity index (χ4v) is 2.03. The lowest BCUT2D eigenvalue weighted by Gasteiger charge is -2.27. The highest BCUT2D eigenvalue weighted by Gasteiger charge is 2.34. The summed E-state index contributed by atoms with van der Waals surface area (Å²) < 4.78 is 37.5. The van der Waals surface area contributed by atoms with Crippen molar-refractivity contribution in [2.75, 3.05) is 6.61 Å². The lowest BCUT2D eigenvalue weighted by molar-refractivity contribution is -0.137. The van der Waals surface area contributed by atoms with Crippen molar-refractivity contribution in [2.24, 2.45) is 5.73 Å². The normalized spacial score (nSPS) is 14.8. The van der Waals surface area contributed by atoms with Crippen LogP contribution in [0.2, 0.25) is 0 Å². The number of amides is 1. The predicted molar refractivity (Wildman–Crippen MR) is 68.9 cm³/mol. The van der Waals surface area contributed by atoms with Gasteiger partial charge in [0.15, 0.2) is 0 Å². The van der Waals surface area contributed by atoms with E-state index in [1.54, 1.807) is 6.92 Å². The zero-order valence-electron chi connectivity index (χ0n) is 11.2. The number of halogens is 3. The van der Waals surface area contributed by atoms with E-state index >= 15 is 0 Å². The van der Waals surface area contributed by atoms with E-state index in [0.29, 0.717) is 24.8 Å². The van der Waals surface area contributed by atoms with Gasteiger partial charge in [0.25, 0.3) is 0 Å². The van der Waals surface area contributed by atoms with Crippen molar-refractivity contribution < 1.29 is 23.1 Å². The summed E-state index contributed by atoms with van der Waals surface area (Å²) in [6.45, 7) is 1.61. The van der Waals surface area contributed by atoms with E-state index in [1.807, 2.05) is 0 Å². The molecule has 3 N–H and O–H groups in total. The Bertz CT molecular complexity index is 456. The van der Waals surface area contributed by atoms with Crippen LogP contribution in [-0.4, -0.2) is 17.6 Å². The Morgan fingerprint density at radius 1 is 1.15 bits per heavy atom. The number of alkyl halides is 3. The Kier molecular flexibility index (Phi) is 5.16. The van der Waals surface area contributed by atoms with Gasteiger partial charge in [0.1, 0.15) is 0 Å². The van der Waals surface area contributed by atoms with Crippen LogP contribution in [0, 0.1) is 0 Å². The van der Waals surface area contributed by atoms with E-state index < -0.39 is 23.1 Å². The van der Waals surface area contributed by atoms with Crippen molar-refractivity contribution in [2.45, 2.75) is 37.8 Å². The van der Waals surface area contributed by atoms with Crippen LogP contribution >= 0.6 is 0 Å². The average Bonchev–Trinajstić information content (AvgIpc) is 2.37. The first-order valence-electron chi connectivity index (χ1n) is 6.30. The molecule has 0 aromatic heterocycles. The number of benzene rings is 1. The second-order valence-electron chi connectivity index (χ2n) is 4.95. The van der Waals surface area contributed by atoms with Gasteiger partial charge in [0.2, 0.25) is 5.91 Å². The van der Waals surface area contributed by atoms with E-state index in [0.717, 1.165) is 12.1 Å². The van der Waals surface area contributed by atoms with Gasteiger partial charge in [-0.3, -0.25) is 4.79 Å². The Morgan fingerprint density at radius 3 is 2.05 bits per heavy atom. The SMILES string of the molecule is CC(CCCCO)(C(N)=O)c1ccc(C(F)(F)F)cc1. The van der Waals surface area contributed by atoms with E-state index in [2.05, 4.69) is 0 Å². The molecule has 112 valence electrons. The summed E-state index contributed by atoms with van der Waals surface area (Å²) in [6.07, 6.45) is -2.94. The molecule has 1 atom stereocenters. The van der Waals surface area contributed by atoms with Crippen LogP contribution in [0.4, 0.5) is 13.2 Å². The minimum absolute atomic E-state index is 0.00184. The summed E-state index contributed by atoms with van der Waals surface area (Å²) in [5, 5.41) is 8.76. The van der Waals surface area contributed by atoms with E-state index in [1.165, 1.54) is 12.1 Å². The molecular formula is C14H18F3NO2. The summed E-state index contributed by atoms with van der Waals surface area (Å²) in [5.41, 5.74) is 4.05. The van der Waals surface area contributed by atoms with Crippen molar-refractivity contribution in [3.63, 3.8) is 0 Å². The number of unbranched alkanes of at least 4 members (excludes halogenated alkanes) is 1. The van der Waals surface area contributed by atoms with Crippen molar-refractivity contribution >= 4 is 5.91 Å². The Morgan fingerprint density at radius 2 is 1.65 bits per heavy atom. The maximum Gasteiger partial charge on any atom is 0.416 e. The zero-order valence-corrected chi connectivity index (χ0v) is 11.2. The number of hydrogen-bond acceptors (Lipinski definition) is 2. The monoisotopic (exact) mass is 289 g/mol. The molecule has 0 aliphatic carbocycles. The third-order valence-corrected chi connectivity index (χ3v) is 3.48. The van der Waals surface area contributed by atoms with Crippen LogP contribution < -0.4 is 5.73 Å². The van der Waals surface area contributed by atoms with Gasteiger partial charge in [-0.25, -0.2) is 0 Å². The van der Waals surface area contributed by atoms with Gasteiger partial charge in [-0.05, 0) is 43.9 Å². The minimum atomic E-state index is -4.40. The van der Waals surface area contributed by atoms with Gasteiger partial charge >= 0.3 is 6.18 Å². The number of aliphatic hydroxyl groups is 1. The van der Waals surface area contributed by atoms with Crippen LogP contribution in [0.5, 0.6) is 0 Å². The second-order valence-corrected chi connectivity index (χ2v) is 4.95. The topological polar surface area (TPSA) is 63.3 Å². The first-order valence-corrected chi connectivity index (χ1v) is 6.30. The number of hydrogen-bond donors (Lipinski definition) is 2. The van der Waals surface area contributed by atoms with Gasteiger partial charge in [0, 0.05) is 6.61 Å². The Labute approximate surface area is 115 Å². The molecule has 0 saturated carbocycles. The highest BCUT2D eigenvalue weighted by Crippen LogP contribution is 2.33. The predicted octanol–water partition coefficient (Wildman–Crippen LogP) is 2.61. The summed E-state index contributed by atoms with van der Waals surface area (Å²) in [4.78, 5) is 11.6. The first kappa shape index (κ1) is 16.5. The lowest BCUT2D eigenvalue weighted by Crippen LogP contribution is -2.38. The maximum atomic E-state index is 12.5. The van der Waals surface area contributed by atoms with Gasteiger partial charge in [-0.1, -0.05) is 12.1 Å². The number of rotatable bonds is 6. The van der Waals surface area contributed by atoms with Gasteiger partial charge < -0.3 is 10.8 Å². The molecule has 0 saturated heterocycles. The van der Waals surface area contributed by atoms with E-state index in [-0.39, 0.29) is 6.61 Å². The highest BCUT2D eigenvalue weighted by molar-refractivity contribution is 5.86. The number of primary amides is 1. The van der Waals surface area contributed by atoms with Crippen molar-refractivity contribution in [1.82, 2.24) is 0 Å². The number of aliphatic hydroxyl groups excluding tert-OH is 1. The molecule has 0 radical (unpaired) electrons. The summed E-state index contributed by atoms with van der Waals surface area (Å²) in [6, 6.07) is 4.46. The second kappa shape index (κ2) is 6.26. The molecule has 1 amide bonds. The highest BCUT2D eigenvalue weighted by atomic mass is 19.4. The molecule has 0 aliphatic heterocycles. The smallest absolute Gasteiger partial charge is 0.396 e. The molecule has 1 aromatic rings. The zero-order chi connectivity index (χ0) is 15.4. The molecule has 20 heavy (non-hydrogen) atoms. The first-order chi connectivity index (χ1) is 9.21.